The topological polar surface area (TPSA) is 78.4 Å². The number of ether oxygens (including phenoxy) is 4. The molecule has 29 heavy (non-hydrogen) atoms. The maximum atomic E-state index is 12.0. The molecule has 0 aliphatic carbocycles. The summed E-state index contributed by atoms with van der Waals surface area (Å²) in [5.74, 6) is 2.32. The van der Waals surface area contributed by atoms with Crippen molar-refractivity contribution in [3.05, 3.63) is 48.0 Å². The van der Waals surface area contributed by atoms with Crippen LogP contribution in [0.1, 0.15) is 32.3 Å². The van der Waals surface area contributed by atoms with E-state index in [0.717, 1.165) is 18.6 Å². The van der Waals surface area contributed by atoms with Gasteiger partial charge in [-0.3, -0.25) is 4.79 Å². The third kappa shape index (κ3) is 7.73. The van der Waals surface area contributed by atoms with Gasteiger partial charge in [0.15, 0.2) is 6.61 Å². The molecule has 7 nitrogen and oxygen atoms in total. The highest BCUT2D eigenvalue weighted by Gasteiger charge is 2.05. The highest BCUT2D eigenvalue weighted by atomic mass is 16.5. The molecule has 0 spiro atoms. The van der Waals surface area contributed by atoms with Crippen molar-refractivity contribution in [3.8, 4) is 23.0 Å². The molecular formula is C22H28N2O5. The summed E-state index contributed by atoms with van der Waals surface area (Å²) < 4.78 is 21.8. The minimum absolute atomic E-state index is 0.149. The molecule has 0 aromatic heterocycles. The summed E-state index contributed by atoms with van der Waals surface area (Å²) in [4.78, 5) is 12.0. The first-order valence-corrected chi connectivity index (χ1v) is 9.64. The number of hydrazone groups is 1. The molecule has 1 amide bonds. The van der Waals surface area contributed by atoms with Crippen molar-refractivity contribution < 1.29 is 23.7 Å². The summed E-state index contributed by atoms with van der Waals surface area (Å²) in [6.07, 6.45) is 3.61. The Balaban J connectivity index is 1.82. The zero-order valence-corrected chi connectivity index (χ0v) is 17.1. The van der Waals surface area contributed by atoms with Crippen molar-refractivity contribution in [2.45, 2.75) is 26.7 Å². The molecule has 0 aliphatic heterocycles. The molecule has 0 saturated heterocycles. The third-order valence-electron chi connectivity index (χ3n) is 3.87. The molecule has 2 rings (SSSR count). The number of amides is 1. The maximum absolute atomic E-state index is 12.0. The Morgan fingerprint density at radius 1 is 1.00 bits per heavy atom. The average Bonchev–Trinajstić information content (AvgIpc) is 2.74. The lowest BCUT2D eigenvalue weighted by Crippen LogP contribution is -2.24. The van der Waals surface area contributed by atoms with E-state index in [-0.39, 0.29) is 12.5 Å². The molecule has 0 atom stereocenters. The standard InChI is InChI=1S/C22H28N2O5/c1-4-6-13-28-18-7-9-19(10-8-18)29-16-22(25)24-23-15-17-14-20(26-3)11-12-21(17)27-5-2/h7-12,14-15H,4-6,13,16H2,1-3H3,(H,24,25). The Kier molecular flexibility index (Phi) is 9.35. The van der Waals surface area contributed by atoms with Crippen LogP contribution in [-0.2, 0) is 4.79 Å². The number of carbonyl (C=O) groups is 1. The van der Waals surface area contributed by atoms with Crippen molar-refractivity contribution >= 4 is 12.1 Å². The number of benzene rings is 2. The zero-order valence-electron chi connectivity index (χ0n) is 17.1. The maximum Gasteiger partial charge on any atom is 0.277 e. The molecule has 0 unspecified atom stereocenters. The highest BCUT2D eigenvalue weighted by Crippen LogP contribution is 2.22. The first kappa shape index (κ1) is 22.1. The Morgan fingerprint density at radius 3 is 2.34 bits per heavy atom. The van der Waals surface area contributed by atoms with Gasteiger partial charge in [0.05, 0.1) is 26.5 Å². The first-order valence-electron chi connectivity index (χ1n) is 9.64. The molecule has 7 heteroatoms. The van der Waals surface area contributed by atoms with E-state index in [9.17, 15) is 4.79 Å². The van der Waals surface area contributed by atoms with Gasteiger partial charge >= 0.3 is 0 Å². The number of rotatable bonds is 12. The molecule has 0 saturated carbocycles. The third-order valence-corrected chi connectivity index (χ3v) is 3.87. The van der Waals surface area contributed by atoms with Gasteiger partial charge in [0.25, 0.3) is 5.91 Å². The van der Waals surface area contributed by atoms with Crippen LogP contribution in [0.5, 0.6) is 23.0 Å². The highest BCUT2D eigenvalue weighted by molar-refractivity contribution is 5.86. The van der Waals surface area contributed by atoms with E-state index in [2.05, 4.69) is 17.5 Å². The monoisotopic (exact) mass is 400 g/mol. The van der Waals surface area contributed by atoms with Crippen molar-refractivity contribution in [2.24, 2.45) is 5.10 Å². The Bertz CT molecular complexity index is 790. The van der Waals surface area contributed by atoms with Gasteiger partial charge in [-0.05, 0) is 55.8 Å². The molecule has 1 N–H and O–H groups in total. The van der Waals surface area contributed by atoms with Crippen LogP contribution in [0, 0.1) is 0 Å². The van der Waals surface area contributed by atoms with Gasteiger partial charge in [-0.1, -0.05) is 13.3 Å². The van der Waals surface area contributed by atoms with Crippen molar-refractivity contribution in [2.75, 3.05) is 26.9 Å². The van der Waals surface area contributed by atoms with Crippen LogP contribution in [0.15, 0.2) is 47.6 Å². The van der Waals surface area contributed by atoms with Crippen molar-refractivity contribution in [1.29, 1.82) is 0 Å². The fourth-order valence-corrected chi connectivity index (χ4v) is 2.36. The summed E-state index contributed by atoms with van der Waals surface area (Å²) in [5.41, 5.74) is 3.14. The number of methoxy groups -OCH3 is 1. The number of nitrogens with one attached hydrogen (secondary N) is 1. The summed E-state index contributed by atoms with van der Waals surface area (Å²) >= 11 is 0. The predicted octanol–water partition coefficient (Wildman–Crippen LogP) is 3.80. The molecule has 0 radical (unpaired) electrons. The minimum atomic E-state index is -0.370. The van der Waals surface area contributed by atoms with Gasteiger partial charge in [-0.15, -0.1) is 0 Å². The van der Waals surface area contributed by atoms with Crippen LogP contribution >= 0.6 is 0 Å². The summed E-state index contributed by atoms with van der Waals surface area (Å²) in [5, 5.41) is 3.97. The molecule has 2 aromatic rings. The van der Waals surface area contributed by atoms with E-state index in [0.29, 0.717) is 36.0 Å². The van der Waals surface area contributed by atoms with Crippen LogP contribution < -0.4 is 24.4 Å². The minimum Gasteiger partial charge on any atom is -0.497 e. The molecule has 156 valence electrons. The molecule has 0 heterocycles. The lowest BCUT2D eigenvalue weighted by molar-refractivity contribution is -0.123. The van der Waals surface area contributed by atoms with Crippen LogP contribution in [0.3, 0.4) is 0 Å². The van der Waals surface area contributed by atoms with Crippen molar-refractivity contribution in [3.63, 3.8) is 0 Å². The van der Waals surface area contributed by atoms with E-state index in [1.54, 1.807) is 37.4 Å². The number of carbonyl (C=O) groups excluding carboxylic acids is 1. The molecule has 2 aromatic carbocycles. The molecule has 0 aliphatic rings. The molecule has 0 fully saturated rings. The van der Waals surface area contributed by atoms with Gasteiger partial charge < -0.3 is 18.9 Å². The number of hydrogen-bond acceptors (Lipinski definition) is 6. The normalized spacial score (nSPS) is 10.6. The first-order chi connectivity index (χ1) is 14.2. The number of hydrogen-bond donors (Lipinski definition) is 1. The number of nitrogens with zero attached hydrogens (tertiary/aromatic N) is 1. The zero-order chi connectivity index (χ0) is 20.9. The summed E-state index contributed by atoms with van der Waals surface area (Å²) in [6, 6.07) is 12.5. The fraction of sp³-hybridized carbons (Fsp3) is 0.364. The Labute approximate surface area is 171 Å². The van der Waals surface area contributed by atoms with Gasteiger partial charge in [0.1, 0.15) is 23.0 Å². The second-order valence-electron chi connectivity index (χ2n) is 6.09. The van der Waals surface area contributed by atoms with Crippen LogP contribution in [-0.4, -0.2) is 39.1 Å². The summed E-state index contributed by atoms with van der Waals surface area (Å²) in [7, 11) is 1.58. The van der Waals surface area contributed by atoms with E-state index in [1.807, 2.05) is 19.1 Å². The summed E-state index contributed by atoms with van der Waals surface area (Å²) in [6.45, 7) is 5.08. The smallest absolute Gasteiger partial charge is 0.277 e. The van der Waals surface area contributed by atoms with Crippen LogP contribution in [0.2, 0.25) is 0 Å². The second-order valence-corrected chi connectivity index (χ2v) is 6.09. The Hall–Kier alpha value is -3.22. The molecular weight excluding hydrogens is 372 g/mol. The van der Waals surface area contributed by atoms with Gasteiger partial charge in [0.2, 0.25) is 0 Å². The lowest BCUT2D eigenvalue weighted by atomic mass is 10.2. The van der Waals surface area contributed by atoms with E-state index >= 15 is 0 Å². The van der Waals surface area contributed by atoms with E-state index in [1.165, 1.54) is 6.21 Å². The van der Waals surface area contributed by atoms with Gasteiger partial charge in [-0.25, -0.2) is 5.43 Å². The average molecular weight is 400 g/mol. The van der Waals surface area contributed by atoms with E-state index in [4.69, 9.17) is 18.9 Å². The van der Waals surface area contributed by atoms with Gasteiger partial charge in [0, 0.05) is 5.56 Å². The fourth-order valence-electron chi connectivity index (χ4n) is 2.36. The van der Waals surface area contributed by atoms with Crippen LogP contribution in [0.4, 0.5) is 0 Å². The second kappa shape index (κ2) is 12.3. The van der Waals surface area contributed by atoms with Crippen LogP contribution in [0.25, 0.3) is 0 Å². The quantitative estimate of drug-likeness (QED) is 0.333. The van der Waals surface area contributed by atoms with E-state index < -0.39 is 0 Å². The SMILES string of the molecule is CCCCOc1ccc(OCC(=O)NN=Cc2cc(OC)ccc2OCC)cc1. The molecule has 0 bridgehead atoms. The largest absolute Gasteiger partial charge is 0.497 e. The lowest BCUT2D eigenvalue weighted by Gasteiger charge is -2.09. The number of unbranched alkanes of at least 4 members (excludes halogenated alkanes) is 1. The van der Waals surface area contributed by atoms with Crippen molar-refractivity contribution in [1.82, 2.24) is 5.43 Å². The Morgan fingerprint density at radius 2 is 1.69 bits per heavy atom. The van der Waals surface area contributed by atoms with Gasteiger partial charge in [-0.2, -0.15) is 5.10 Å². The predicted molar refractivity (Wildman–Crippen MR) is 112 cm³/mol.